The predicted octanol–water partition coefficient (Wildman–Crippen LogP) is -0.346. The summed E-state index contributed by atoms with van der Waals surface area (Å²) in [5.41, 5.74) is 6.48. The molecular formula is C11H16N4O. The molecule has 1 aliphatic rings. The van der Waals surface area contributed by atoms with Crippen LogP contribution in [0.5, 0.6) is 0 Å². The van der Waals surface area contributed by atoms with Crippen LogP contribution in [0.4, 0.5) is 5.82 Å². The maximum atomic E-state index is 11.3. The number of nitrogens with two attached hydrogens (primary N) is 1. The number of piperazine rings is 1. The fraction of sp³-hybridized carbons (Fsp3) is 0.455. The molecule has 1 unspecified atom stereocenters. The van der Waals surface area contributed by atoms with Crippen LogP contribution in [0.1, 0.15) is 5.56 Å². The number of carbonyl (C=O) groups excluding carboxylic acids is 1. The Morgan fingerprint density at radius 2 is 2.44 bits per heavy atom. The second kappa shape index (κ2) is 4.49. The molecule has 16 heavy (non-hydrogen) atoms. The van der Waals surface area contributed by atoms with Crippen LogP contribution in [-0.4, -0.2) is 36.6 Å². The fourth-order valence-corrected chi connectivity index (χ4v) is 1.86. The molecule has 5 nitrogen and oxygen atoms in total. The van der Waals surface area contributed by atoms with Crippen molar-refractivity contribution in [3.8, 4) is 0 Å². The van der Waals surface area contributed by atoms with Crippen molar-refractivity contribution < 1.29 is 4.79 Å². The van der Waals surface area contributed by atoms with E-state index in [4.69, 9.17) is 5.73 Å². The van der Waals surface area contributed by atoms with Crippen LogP contribution in [0.2, 0.25) is 0 Å². The van der Waals surface area contributed by atoms with E-state index >= 15 is 0 Å². The third-order valence-corrected chi connectivity index (χ3v) is 2.76. The first-order valence-corrected chi connectivity index (χ1v) is 5.38. The Labute approximate surface area is 94.6 Å². The molecule has 1 atom stereocenters. The van der Waals surface area contributed by atoms with Gasteiger partial charge < -0.3 is 16.0 Å². The number of nitrogens with one attached hydrogen (secondary N) is 1. The lowest BCUT2D eigenvalue weighted by Gasteiger charge is -2.35. The Bertz CT molecular complexity index is 376. The number of pyridine rings is 1. The van der Waals surface area contributed by atoms with Gasteiger partial charge in [-0.1, -0.05) is 6.07 Å². The average molecular weight is 220 g/mol. The van der Waals surface area contributed by atoms with Crippen molar-refractivity contribution in [1.29, 1.82) is 0 Å². The average Bonchev–Trinajstić information content (AvgIpc) is 2.30. The van der Waals surface area contributed by atoms with Crippen LogP contribution in [0.25, 0.3) is 0 Å². The summed E-state index contributed by atoms with van der Waals surface area (Å²) < 4.78 is 0. The largest absolute Gasteiger partial charge is 0.368 e. The molecule has 5 heteroatoms. The van der Waals surface area contributed by atoms with E-state index in [-0.39, 0.29) is 11.9 Å². The first-order chi connectivity index (χ1) is 7.68. The van der Waals surface area contributed by atoms with Crippen LogP contribution >= 0.6 is 0 Å². The number of aryl methyl sites for hydroxylation is 1. The molecule has 1 saturated heterocycles. The van der Waals surface area contributed by atoms with Crippen molar-refractivity contribution in [3.63, 3.8) is 0 Å². The molecule has 3 N–H and O–H groups in total. The Morgan fingerprint density at radius 3 is 3.06 bits per heavy atom. The minimum atomic E-state index is -0.311. The van der Waals surface area contributed by atoms with Crippen molar-refractivity contribution in [2.24, 2.45) is 5.73 Å². The van der Waals surface area contributed by atoms with Crippen LogP contribution in [0.15, 0.2) is 18.3 Å². The first kappa shape index (κ1) is 10.9. The predicted molar refractivity (Wildman–Crippen MR) is 62.2 cm³/mol. The Hall–Kier alpha value is -1.62. The normalized spacial score (nSPS) is 20.8. The summed E-state index contributed by atoms with van der Waals surface area (Å²) in [7, 11) is 0. The van der Waals surface area contributed by atoms with Gasteiger partial charge in [-0.2, -0.15) is 0 Å². The van der Waals surface area contributed by atoms with E-state index in [2.05, 4.69) is 10.3 Å². The van der Waals surface area contributed by atoms with Crippen molar-refractivity contribution in [1.82, 2.24) is 10.3 Å². The molecule has 1 amide bonds. The zero-order valence-electron chi connectivity index (χ0n) is 9.31. The topological polar surface area (TPSA) is 71.2 Å². The highest BCUT2D eigenvalue weighted by molar-refractivity contribution is 5.83. The molecule has 2 rings (SSSR count). The van der Waals surface area contributed by atoms with E-state index in [1.807, 2.05) is 24.0 Å². The summed E-state index contributed by atoms with van der Waals surface area (Å²) in [6.45, 7) is 4.17. The second-order valence-corrected chi connectivity index (χ2v) is 4.01. The molecule has 1 fully saturated rings. The smallest absolute Gasteiger partial charge is 0.241 e. The lowest BCUT2D eigenvalue weighted by molar-refractivity contribution is -0.119. The van der Waals surface area contributed by atoms with Gasteiger partial charge in [0.1, 0.15) is 11.9 Å². The van der Waals surface area contributed by atoms with Gasteiger partial charge in [0.15, 0.2) is 0 Å². The van der Waals surface area contributed by atoms with Gasteiger partial charge in [-0.05, 0) is 18.6 Å². The number of carbonyl (C=O) groups is 1. The minimum absolute atomic E-state index is 0.302. The Balaban J connectivity index is 2.23. The minimum Gasteiger partial charge on any atom is -0.368 e. The zero-order chi connectivity index (χ0) is 11.5. The quantitative estimate of drug-likeness (QED) is 0.715. The number of hydrogen-bond donors (Lipinski definition) is 2. The molecule has 2 heterocycles. The van der Waals surface area contributed by atoms with Gasteiger partial charge in [-0.25, -0.2) is 4.98 Å². The summed E-state index contributed by atoms with van der Waals surface area (Å²) in [4.78, 5) is 17.6. The van der Waals surface area contributed by atoms with E-state index < -0.39 is 0 Å². The Morgan fingerprint density at radius 1 is 1.62 bits per heavy atom. The summed E-state index contributed by atoms with van der Waals surface area (Å²) in [6, 6.07) is 3.61. The number of anilines is 1. The molecule has 0 radical (unpaired) electrons. The van der Waals surface area contributed by atoms with Gasteiger partial charge in [0, 0.05) is 25.8 Å². The van der Waals surface area contributed by atoms with Crippen LogP contribution in [0.3, 0.4) is 0 Å². The van der Waals surface area contributed by atoms with Gasteiger partial charge in [0.25, 0.3) is 0 Å². The highest BCUT2D eigenvalue weighted by atomic mass is 16.1. The highest BCUT2D eigenvalue weighted by Gasteiger charge is 2.27. The first-order valence-electron chi connectivity index (χ1n) is 5.38. The lowest BCUT2D eigenvalue weighted by atomic mass is 10.1. The van der Waals surface area contributed by atoms with Crippen LogP contribution in [0, 0.1) is 6.92 Å². The molecule has 1 aliphatic heterocycles. The van der Waals surface area contributed by atoms with Gasteiger partial charge in [0.05, 0.1) is 0 Å². The molecule has 0 aliphatic carbocycles. The Kier molecular flexibility index (Phi) is 3.05. The van der Waals surface area contributed by atoms with E-state index in [1.54, 1.807) is 6.20 Å². The second-order valence-electron chi connectivity index (χ2n) is 4.01. The molecule has 1 aromatic heterocycles. The molecule has 0 spiro atoms. The van der Waals surface area contributed by atoms with Crippen molar-refractivity contribution in [3.05, 3.63) is 23.9 Å². The monoisotopic (exact) mass is 220 g/mol. The third-order valence-electron chi connectivity index (χ3n) is 2.76. The van der Waals surface area contributed by atoms with Crippen molar-refractivity contribution >= 4 is 11.7 Å². The lowest BCUT2D eigenvalue weighted by Crippen LogP contribution is -2.57. The number of nitrogens with zero attached hydrogens (tertiary/aromatic N) is 2. The fourth-order valence-electron chi connectivity index (χ4n) is 1.86. The maximum Gasteiger partial charge on any atom is 0.241 e. The SMILES string of the molecule is Cc1ccc(N2CCNCC2C(N)=O)nc1. The van der Waals surface area contributed by atoms with Gasteiger partial charge in [-0.3, -0.25) is 4.79 Å². The van der Waals surface area contributed by atoms with E-state index in [0.29, 0.717) is 6.54 Å². The maximum absolute atomic E-state index is 11.3. The summed E-state index contributed by atoms with van der Waals surface area (Å²) in [5.74, 6) is 0.505. The number of hydrogen-bond acceptors (Lipinski definition) is 4. The van der Waals surface area contributed by atoms with E-state index in [1.165, 1.54) is 0 Å². The molecule has 0 saturated carbocycles. The van der Waals surface area contributed by atoms with E-state index in [9.17, 15) is 4.79 Å². The standard InChI is InChI=1S/C11H16N4O/c1-8-2-3-10(14-6-8)15-5-4-13-7-9(15)11(12)16/h2-3,6,9,13H,4-5,7H2,1H3,(H2,12,16). The van der Waals surface area contributed by atoms with Crippen LogP contribution in [-0.2, 0) is 4.79 Å². The zero-order valence-corrected chi connectivity index (χ0v) is 9.31. The van der Waals surface area contributed by atoms with Crippen molar-refractivity contribution in [2.75, 3.05) is 24.5 Å². The summed E-state index contributed by atoms with van der Waals surface area (Å²) in [6.07, 6.45) is 1.80. The molecule has 0 aromatic carbocycles. The van der Waals surface area contributed by atoms with Crippen LogP contribution < -0.4 is 16.0 Å². The molecule has 0 bridgehead atoms. The molecule has 86 valence electrons. The van der Waals surface area contributed by atoms with Crippen molar-refractivity contribution in [2.45, 2.75) is 13.0 Å². The van der Waals surface area contributed by atoms with Gasteiger partial charge in [-0.15, -0.1) is 0 Å². The highest BCUT2D eigenvalue weighted by Crippen LogP contribution is 2.15. The number of aromatic nitrogens is 1. The number of rotatable bonds is 2. The summed E-state index contributed by atoms with van der Waals surface area (Å²) >= 11 is 0. The van der Waals surface area contributed by atoms with Gasteiger partial charge >= 0.3 is 0 Å². The molecule has 1 aromatic rings. The number of amides is 1. The van der Waals surface area contributed by atoms with Gasteiger partial charge in [0.2, 0.25) is 5.91 Å². The summed E-state index contributed by atoms with van der Waals surface area (Å²) in [5, 5.41) is 3.16. The van der Waals surface area contributed by atoms with E-state index in [0.717, 1.165) is 24.5 Å². The third kappa shape index (κ3) is 2.14. The molecular weight excluding hydrogens is 204 g/mol. The number of primary amides is 1.